The van der Waals surface area contributed by atoms with Gasteiger partial charge < -0.3 is 0 Å². The minimum atomic E-state index is -0.418. The monoisotopic (exact) mass is 400 g/mol. The molecule has 0 unspecified atom stereocenters. The Morgan fingerprint density at radius 2 is 1.55 bits per heavy atom. The number of nitro benzene ring substituents is 1. The van der Waals surface area contributed by atoms with E-state index in [1.54, 1.807) is 23.0 Å². The molecule has 1 heterocycles. The highest BCUT2D eigenvalue weighted by atomic mass is 32.1. The summed E-state index contributed by atoms with van der Waals surface area (Å²) >= 11 is 1.50. The number of aromatic nitrogens is 1. The third kappa shape index (κ3) is 4.36. The van der Waals surface area contributed by atoms with Crippen molar-refractivity contribution in [3.05, 3.63) is 111 Å². The van der Waals surface area contributed by atoms with Gasteiger partial charge in [-0.05, 0) is 29.8 Å². The molecule has 4 aromatic rings. The third-order valence-electron chi connectivity index (χ3n) is 4.16. The molecule has 0 saturated heterocycles. The number of rotatable bonds is 5. The number of nitrogens with zero attached hydrogens (tertiary/aromatic N) is 4. The summed E-state index contributed by atoms with van der Waals surface area (Å²) in [6, 6.07) is 25.9. The molecule has 0 fully saturated rings. The van der Waals surface area contributed by atoms with Crippen LogP contribution < -0.4 is 4.80 Å². The topological polar surface area (TPSA) is 72.8 Å². The van der Waals surface area contributed by atoms with Crippen molar-refractivity contribution in [1.82, 2.24) is 4.68 Å². The van der Waals surface area contributed by atoms with Crippen LogP contribution in [0.1, 0.15) is 5.56 Å². The maximum Gasteiger partial charge on any atom is 0.269 e. The second kappa shape index (κ2) is 8.45. The van der Waals surface area contributed by atoms with E-state index in [1.807, 2.05) is 66.0 Å². The van der Waals surface area contributed by atoms with Crippen LogP contribution >= 0.6 is 11.3 Å². The highest BCUT2D eigenvalue weighted by Crippen LogP contribution is 2.20. The summed E-state index contributed by atoms with van der Waals surface area (Å²) in [6.45, 7) is 0. The molecule has 0 bridgehead atoms. The molecule has 0 radical (unpaired) electrons. The van der Waals surface area contributed by atoms with Crippen LogP contribution in [0.5, 0.6) is 0 Å². The van der Waals surface area contributed by atoms with Crippen molar-refractivity contribution in [2.75, 3.05) is 0 Å². The van der Waals surface area contributed by atoms with Gasteiger partial charge in [-0.1, -0.05) is 48.5 Å². The van der Waals surface area contributed by atoms with Gasteiger partial charge >= 0.3 is 0 Å². The largest absolute Gasteiger partial charge is 0.269 e. The molecule has 0 aliphatic rings. The molecule has 6 nitrogen and oxygen atoms in total. The lowest BCUT2D eigenvalue weighted by atomic mass is 10.2. The Labute approximate surface area is 170 Å². The van der Waals surface area contributed by atoms with Gasteiger partial charge in [0.1, 0.15) is 0 Å². The first-order chi connectivity index (χ1) is 14.2. The Morgan fingerprint density at radius 3 is 2.21 bits per heavy atom. The van der Waals surface area contributed by atoms with Gasteiger partial charge in [-0.2, -0.15) is 5.10 Å². The fourth-order valence-corrected chi connectivity index (χ4v) is 3.57. The maximum atomic E-state index is 10.8. The predicted molar refractivity (Wildman–Crippen MR) is 115 cm³/mol. The van der Waals surface area contributed by atoms with Gasteiger partial charge in [-0.25, -0.2) is 9.67 Å². The summed E-state index contributed by atoms with van der Waals surface area (Å²) in [5, 5.41) is 17.5. The number of non-ortho nitro benzene ring substituents is 1. The Bertz CT molecular complexity index is 1210. The van der Waals surface area contributed by atoms with Gasteiger partial charge in [-0.3, -0.25) is 10.1 Å². The lowest BCUT2D eigenvalue weighted by molar-refractivity contribution is -0.384. The van der Waals surface area contributed by atoms with E-state index in [1.165, 1.54) is 23.5 Å². The molecule has 0 spiro atoms. The van der Waals surface area contributed by atoms with Gasteiger partial charge in [0.25, 0.3) is 5.69 Å². The number of para-hydroxylation sites is 1. The molecule has 0 aliphatic carbocycles. The second-order valence-corrected chi connectivity index (χ2v) is 6.96. The van der Waals surface area contributed by atoms with Gasteiger partial charge in [0.2, 0.25) is 4.80 Å². The first kappa shape index (κ1) is 18.5. The van der Waals surface area contributed by atoms with Crippen LogP contribution in [0.2, 0.25) is 0 Å². The summed E-state index contributed by atoms with van der Waals surface area (Å²) < 4.78 is 1.79. The summed E-state index contributed by atoms with van der Waals surface area (Å²) in [5.41, 5.74) is 3.60. The average Bonchev–Trinajstić information content (AvgIpc) is 3.16. The fraction of sp³-hybridized carbons (Fsp3) is 0. The Hall–Kier alpha value is -3.84. The van der Waals surface area contributed by atoms with Crippen LogP contribution in [-0.4, -0.2) is 15.8 Å². The van der Waals surface area contributed by atoms with Crippen LogP contribution in [0.25, 0.3) is 11.3 Å². The van der Waals surface area contributed by atoms with E-state index >= 15 is 0 Å². The smallest absolute Gasteiger partial charge is 0.258 e. The van der Waals surface area contributed by atoms with Crippen molar-refractivity contribution in [3.63, 3.8) is 0 Å². The highest BCUT2D eigenvalue weighted by Gasteiger charge is 2.08. The summed E-state index contributed by atoms with van der Waals surface area (Å²) in [4.78, 5) is 15.9. The zero-order chi connectivity index (χ0) is 20.1. The highest BCUT2D eigenvalue weighted by molar-refractivity contribution is 7.07. The van der Waals surface area contributed by atoms with Crippen LogP contribution in [0.4, 0.5) is 11.4 Å². The molecular formula is C22H16N4O2S. The number of nitro groups is 1. The fourth-order valence-electron chi connectivity index (χ4n) is 2.72. The molecule has 0 N–H and O–H groups in total. The van der Waals surface area contributed by atoms with Crippen molar-refractivity contribution < 1.29 is 4.92 Å². The van der Waals surface area contributed by atoms with Crippen molar-refractivity contribution in [3.8, 4) is 11.3 Å². The molecule has 0 atom stereocenters. The molecule has 0 amide bonds. The van der Waals surface area contributed by atoms with Gasteiger partial charge in [-0.15, -0.1) is 11.3 Å². The minimum absolute atomic E-state index is 0.0510. The van der Waals surface area contributed by atoms with E-state index in [-0.39, 0.29) is 5.69 Å². The van der Waals surface area contributed by atoms with E-state index in [4.69, 9.17) is 4.99 Å². The molecule has 1 aromatic heterocycles. The maximum absolute atomic E-state index is 10.8. The molecular weight excluding hydrogens is 384 g/mol. The molecule has 0 aliphatic heterocycles. The van der Waals surface area contributed by atoms with Crippen LogP contribution in [0.3, 0.4) is 0 Å². The molecule has 3 aromatic carbocycles. The SMILES string of the molecule is O=[N+]([O-])c1ccc(/C=N/n2c(-c3ccccc3)csc2=Nc2ccccc2)cc1. The summed E-state index contributed by atoms with van der Waals surface area (Å²) in [6.07, 6.45) is 1.67. The summed E-state index contributed by atoms with van der Waals surface area (Å²) in [7, 11) is 0. The minimum Gasteiger partial charge on any atom is -0.258 e. The van der Waals surface area contributed by atoms with Crippen LogP contribution in [-0.2, 0) is 0 Å². The lowest BCUT2D eigenvalue weighted by Crippen LogP contribution is -2.11. The first-order valence-electron chi connectivity index (χ1n) is 8.85. The van der Waals surface area contributed by atoms with E-state index < -0.39 is 4.92 Å². The molecule has 4 rings (SSSR count). The normalized spacial score (nSPS) is 11.8. The van der Waals surface area contributed by atoms with Gasteiger partial charge in [0, 0.05) is 23.1 Å². The van der Waals surface area contributed by atoms with Crippen molar-refractivity contribution in [1.29, 1.82) is 0 Å². The van der Waals surface area contributed by atoms with E-state index in [0.717, 1.165) is 27.3 Å². The van der Waals surface area contributed by atoms with Crippen LogP contribution in [0.15, 0.2) is 100 Å². The van der Waals surface area contributed by atoms with Crippen molar-refractivity contribution in [2.24, 2.45) is 10.1 Å². The van der Waals surface area contributed by atoms with Gasteiger partial charge in [0.05, 0.1) is 22.5 Å². The molecule has 29 heavy (non-hydrogen) atoms. The van der Waals surface area contributed by atoms with E-state index in [2.05, 4.69) is 5.10 Å². The number of thiazole rings is 1. The quantitative estimate of drug-likeness (QED) is 0.261. The van der Waals surface area contributed by atoms with Crippen molar-refractivity contribution in [2.45, 2.75) is 0 Å². The zero-order valence-electron chi connectivity index (χ0n) is 15.3. The number of hydrogen-bond donors (Lipinski definition) is 0. The Balaban J connectivity index is 1.78. The average molecular weight is 400 g/mol. The number of benzene rings is 3. The zero-order valence-corrected chi connectivity index (χ0v) is 16.1. The van der Waals surface area contributed by atoms with Crippen LogP contribution in [0, 0.1) is 10.1 Å². The van der Waals surface area contributed by atoms with Gasteiger partial charge in [0.15, 0.2) is 0 Å². The van der Waals surface area contributed by atoms with Crippen molar-refractivity contribution >= 4 is 28.9 Å². The Kier molecular flexibility index (Phi) is 5.40. The summed E-state index contributed by atoms with van der Waals surface area (Å²) in [5.74, 6) is 0. The number of hydrogen-bond acceptors (Lipinski definition) is 5. The molecule has 7 heteroatoms. The Morgan fingerprint density at radius 1 is 0.897 bits per heavy atom. The van der Waals surface area contributed by atoms with E-state index in [9.17, 15) is 10.1 Å². The lowest BCUT2D eigenvalue weighted by Gasteiger charge is -2.03. The molecule has 142 valence electrons. The van der Waals surface area contributed by atoms with E-state index in [0.29, 0.717) is 0 Å². The molecule has 0 saturated carbocycles. The standard InChI is InChI=1S/C22H16N4O2S/c27-26(28)20-13-11-17(12-14-20)15-23-25-21(18-7-3-1-4-8-18)16-29-22(25)24-19-9-5-2-6-10-19/h1-16H/b23-15+,24-22?. The predicted octanol–water partition coefficient (Wildman–Crippen LogP) is 5.24. The first-order valence-corrected chi connectivity index (χ1v) is 9.73. The second-order valence-electron chi connectivity index (χ2n) is 6.12. The third-order valence-corrected chi connectivity index (χ3v) is 4.98.